The van der Waals surface area contributed by atoms with E-state index in [1.54, 1.807) is 37.6 Å². The summed E-state index contributed by atoms with van der Waals surface area (Å²) in [6.07, 6.45) is 2.30. The summed E-state index contributed by atoms with van der Waals surface area (Å²) in [5.74, 6) is 0.387. The first-order valence-corrected chi connectivity index (χ1v) is 10.8. The first-order valence-electron chi connectivity index (χ1n) is 10.4. The van der Waals surface area contributed by atoms with Crippen LogP contribution >= 0.6 is 11.6 Å². The molecule has 9 nitrogen and oxygen atoms in total. The molecule has 0 saturated carbocycles. The minimum atomic E-state index is -0.315. The number of pyridine rings is 1. The maximum absolute atomic E-state index is 12.6. The van der Waals surface area contributed by atoms with Gasteiger partial charge in [-0.25, -0.2) is 4.79 Å². The molecule has 1 aromatic carbocycles. The van der Waals surface area contributed by atoms with Gasteiger partial charge in [0.1, 0.15) is 5.75 Å². The van der Waals surface area contributed by atoms with Gasteiger partial charge in [-0.1, -0.05) is 11.6 Å². The second kappa shape index (κ2) is 11.7. The summed E-state index contributed by atoms with van der Waals surface area (Å²) in [5.41, 5.74) is 1.45. The highest BCUT2D eigenvalue weighted by atomic mass is 35.5. The maximum Gasteiger partial charge on any atom is 0.319 e. The number of benzene rings is 1. The van der Waals surface area contributed by atoms with E-state index in [0.29, 0.717) is 36.0 Å². The van der Waals surface area contributed by atoms with Crippen LogP contribution in [0.2, 0.25) is 5.02 Å². The van der Waals surface area contributed by atoms with E-state index in [0.717, 1.165) is 5.69 Å². The molecule has 4 N–H and O–H groups in total. The first-order chi connectivity index (χ1) is 15.5. The molecule has 2 atom stereocenters. The minimum absolute atomic E-state index is 0.0984. The molecule has 0 spiro atoms. The van der Waals surface area contributed by atoms with Gasteiger partial charge in [-0.3, -0.25) is 14.7 Å². The Morgan fingerprint density at radius 1 is 1.25 bits per heavy atom. The number of halogens is 1. The van der Waals surface area contributed by atoms with Crippen molar-refractivity contribution in [3.05, 3.63) is 53.3 Å². The number of likely N-dealkylation sites (tertiary alicyclic amines) is 1. The monoisotopic (exact) mass is 461 g/mol. The van der Waals surface area contributed by atoms with Crippen molar-refractivity contribution >= 4 is 29.2 Å². The van der Waals surface area contributed by atoms with Crippen molar-refractivity contribution in [3.8, 4) is 5.75 Å². The van der Waals surface area contributed by atoms with Crippen LogP contribution in [0.4, 0.5) is 10.5 Å². The number of aromatic nitrogens is 1. The number of carbonyl (C=O) groups is 2. The van der Waals surface area contributed by atoms with Crippen molar-refractivity contribution < 1.29 is 19.4 Å². The van der Waals surface area contributed by atoms with Crippen molar-refractivity contribution in [2.75, 3.05) is 45.2 Å². The summed E-state index contributed by atoms with van der Waals surface area (Å²) >= 11 is 5.90. The number of nitrogens with zero attached hydrogens (tertiary/aromatic N) is 2. The molecule has 172 valence electrons. The zero-order valence-corrected chi connectivity index (χ0v) is 18.6. The predicted octanol–water partition coefficient (Wildman–Crippen LogP) is 1.83. The lowest BCUT2D eigenvalue weighted by Gasteiger charge is -2.38. The number of nitrogens with one attached hydrogen (secondary N) is 3. The van der Waals surface area contributed by atoms with Crippen LogP contribution < -0.4 is 20.7 Å². The van der Waals surface area contributed by atoms with Gasteiger partial charge in [-0.2, -0.15) is 0 Å². The third-order valence-electron chi connectivity index (χ3n) is 5.29. The smallest absolute Gasteiger partial charge is 0.319 e. The van der Waals surface area contributed by atoms with Crippen LogP contribution in [0.1, 0.15) is 18.0 Å². The van der Waals surface area contributed by atoms with Crippen LogP contribution in [0.15, 0.2) is 42.6 Å². The number of rotatable bonds is 8. The topological polar surface area (TPSA) is 116 Å². The molecule has 1 aliphatic heterocycles. The molecule has 0 aliphatic carbocycles. The van der Waals surface area contributed by atoms with Crippen LogP contribution in [-0.4, -0.2) is 72.9 Å². The molecule has 10 heteroatoms. The summed E-state index contributed by atoms with van der Waals surface area (Å²) in [7, 11) is 1.58. The van der Waals surface area contributed by atoms with Gasteiger partial charge < -0.3 is 25.8 Å². The van der Waals surface area contributed by atoms with Crippen LogP contribution in [0, 0.1) is 0 Å². The van der Waals surface area contributed by atoms with Gasteiger partial charge in [0.15, 0.2) is 0 Å². The van der Waals surface area contributed by atoms with Crippen LogP contribution in [0.25, 0.3) is 0 Å². The van der Waals surface area contributed by atoms with Crippen molar-refractivity contribution in [1.82, 2.24) is 20.5 Å². The largest absolute Gasteiger partial charge is 0.495 e. The van der Waals surface area contributed by atoms with Gasteiger partial charge in [0.2, 0.25) is 5.91 Å². The fraction of sp³-hybridized carbons (Fsp3) is 0.409. The zero-order valence-electron chi connectivity index (χ0n) is 17.9. The lowest BCUT2D eigenvalue weighted by Crippen LogP contribution is -2.52. The number of hydrogen-bond donors (Lipinski definition) is 4. The minimum Gasteiger partial charge on any atom is -0.495 e. The molecule has 0 bridgehead atoms. The number of ether oxygens (including phenoxy) is 1. The highest BCUT2D eigenvalue weighted by Gasteiger charge is 2.33. The highest BCUT2D eigenvalue weighted by molar-refractivity contribution is 6.30. The van der Waals surface area contributed by atoms with Gasteiger partial charge in [-0.05, 0) is 42.8 Å². The molecule has 2 aromatic rings. The van der Waals surface area contributed by atoms with E-state index in [1.807, 2.05) is 17.0 Å². The number of hydrogen-bond acceptors (Lipinski definition) is 6. The second-order valence-corrected chi connectivity index (χ2v) is 7.98. The summed E-state index contributed by atoms with van der Waals surface area (Å²) in [5, 5.41) is 18.0. The van der Waals surface area contributed by atoms with Gasteiger partial charge in [0.25, 0.3) is 0 Å². The van der Waals surface area contributed by atoms with E-state index < -0.39 is 0 Å². The number of aliphatic hydroxyl groups excluding tert-OH is 1. The third-order valence-corrected chi connectivity index (χ3v) is 5.54. The Morgan fingerprint density at radius 2 is 2.03 bits per heavy atom. The average Bonchev–Trinajstić information content (AvgIpc) is 2.80. The second-order valence-electron chi connectivity index (χ2n) is 7.54. The third kappa shape index (κ3) is 6.81. The van der Waals surface area contributed by atoms with Gasteiger partial charge in [0, 0.05) is 48.0 Å². The van der Waals surface area contributed by atoms with Gasteiger partial charge in [0.05, 0.1) is 26.5 Å². The number of urea groups is 1. The van der Waals surface area contributed by atoms with Crippen molar-refractivity contribution in [2.45, 2.75) is 18.4 Å². The van der Waals surface area contributed by atoms with Crippen molar-refractivity contribution in [2.24, 2.45) is 0 Å². The van der Waals surface area contributed by atoms with E-state index in [4.69, 9.17) is 21.4 Å². The molecule has 1 aliphatic rings. The summed E-state index contributed by atoms with van der Waals surface area (Å²) in [6, 6.07) is 10.1. The van der Waals surface area contributed by atoms with Crippen LogP contribution in [0.5, 0.6) is 5.75 Å². The summed E-state index contributed by atoms with van der Waals surface area (Å²) in [6.45, 7) is 1.54. The number of anilines is 1. The normalized spacial score (nSPS) is 18.6. The molecule has 1 aromatic heterocycles. The Balaban J connectivity index is 1.69. The average molecular weight is 462 g/mol. The molecule has 2 unspecified atom stereocenters. The van der Waals surface area contributed by atoms with Crippen LogP contribution in [-0.2, 0) is 4.79 Å². The fourth-order valence-corrected chi connectivity index (χ4v) is 3.82. The number of amides is 3. The Morgan fingerprint density at radius 3 is 2.69 bits per heavy atom. The fourth-order valence-electron chi connectivity index (χ4n) is 3.69. The molecule has 1 fully saturated rings. The molecule has 1 saturated heterocycles. The van der Waals surface area contributed by atoms with Gasteiger partial charge >= 0.3 is 6.03 Å². The molecule has 0 radical (unpaired) electrons. The Hall–Kier alpha value is -2.88. The number of aliphatic hydroxyl groups is 1. The molecule has 3 rings (SSSR count). The number of carbonyl (C=O) groups excluding carboxylic acids is 2. The lowest BCUT2D eigenvalue weighted by molar-refractivity contribution is -0.122. The number of methoxy groups -OCH3 is 1. The highest BCUT2D eigenvalue weighted by Crippen LogP contribution is 2.27. The van der Waals surface area contributed by atoms with E-state index in [9.17, 15) is 9.59 Å². The predicted molar refractivity (Wildman–Crippen MR) is 122 cm³/mol. The number of piperidine rings is 1. The van der Waals surface area contributed by atoms with Gasteiger partial charge in [-0.15, -0.1) is 0 Å². The molecule has 2 heterocycles. The Kier molecular flexibility index (Phi) is 8.66. The maximum atomic E-state index is 12.6. The summed E-state index contributed by atoms with van der Waals surface area (Å²) in [4.78, 5) is 31.3. The molecule has 3 amide bonds. The molecular formula is C22H28ClN5O4. The Bertz CT molecular complexity index is 894. The lowest BCUT2D eigenvalue weighted by atomic mass is 9.88. The van der Waals surface area contributed by atoms with E-state index in [-0.39, 0.29) is 43.6 Å². The van der Waals surface area contributed by atoms with Crippen molar-refractivity contribution in [1.29, 1.82) is 0 Å². The Labute approximate surface area is 192 Å². The van der Waals surface area contributed by atoms with E-state index in [2.05, 4.69) is 20.9 Å². The van der Waals surface area contributed by atoms with Crippen molar-refractivity contribution in [3.63, 3.8) is 0 Å². The summed E-state index contributed by atoms with van der Waals surface area (Å²) < 4.78 is 5.20. The van der Waals surface area contributed by atoms with E-state index in [1.165, 1.54) is 0 Å². The quantitative estimate of drug-likeness (QED) is 0.476. The first kappa shape index (κ1) is 23.8. The van der Waals surface area contributed by atoms with E-state index >= 15 is 0 Å². The SMILES string of the molecule is COc1ccc(C2CN(CC(=O)NCCO)CCC2NC(=O)Nc2ccc(Cl)cc2)nc1. The molecular weight excluding hydrogens is 434 g/mol. The standard InChI is InChI=1S/C22H28ClN5O4/c1-32-17-6-7-19(25-12-17)18-13-28(14-21(30)24-9-11-29)10-8-20(18)27-22(31)26-16-4-2-15(23)3-5-16/h2-7,12,18,20,29H,8-11,13-14H2,1H3,(H,24,30)(H2,26,27,31). The van der Waals surface area contributed by atoms with Crippen LogP contribution in [0.3, 0.4) is 0 Å². The molecule has 32 heavy (non-hydrogen) atoms. The zero-order chi connectivity index (χ0) is 22.9.